The Morgan fingerprint density at radius 3 is 2.72 bits per heavy atom. The molecule has 1 heterocycles. The van der Waals surface area contributed by atoms with Crippen LogP contribution in [0.3, 0.4) is 0 Å². The van der Waals surface area contributed by atoms with Gasteiger partial charge in [0.1, 0.15) is 11.6 Å². The first-order valence-electron chi connectivity index (χ1n) is 9.94. The van der Waals surface area contributed by atoms with Crippen molar-refractivity contribution in [3.63, 3.8) is 0 Å². The monoisotopic (exact) mass is 543 g/mol. The Morgan fingerprint density at radius 1 is 1.31 bits per heavy atom. The molecule has 32 heavy (non-hydrogen) atoms. The highest BCUT2D eigenvalue weighted by atomic mass is 127. The summed E-state index contributed by atoms with van der Waals surface area (Å²) in [5, 5.41) is 13.6. The fraction of sp³-hybridized carbons (Fsp3) is 0.217. The minimum absolute atomic E-state index is 0.0157. The van der Waals surface area contributed by atoms with Crippen molar-refractivity contribution in [2.24, 2.45) is 5.10 Å². The molecule has 1 aromatic heterocycles. The van der Waals surface area contributed by atoms with E-state index in [1.165, 1.54) is 0 Å². The molecule has 0 atom stereocenters. The number of hydrazone groups is 1. The maximum Gasteiger partial charge on any atom is 0.270 e. The fourth-order valence-electron chi connectivity index (χ4n) is 2.88. The van der Waals surface area contributed by atoms with Crippen LogP contribution >= 0.6 is 22.6 Å². The number of rotatable bonds is 8. The molecule has 2 aromatic carbocycles. The summed E-state index contributed by atoms with van der Waals surface area (Å²) in [7, 11) is 0. The summed E-state index contributed by atoms with van der Waals surface area (Å²) < 4.78 is 12.5. The van der Waals surface area contributed by atoms with Gasteiger partial charge in [-0.05, 0) is 61.1 Å². The Labute approximate surface area is 199 Å². The first-order valence-corrected chi connectivity index (χ1v) is 11.0. The third-order valence-corrected chi connectivity index (χ3v) is 4.95. The topological polar surface area (TPSA) is 112 Å². The van der Waals surface area contributed by atoms with Gasteiger partial charge in [0, 0.05) is 5.56 Å². The van der Waals surface area contributed by atoms with E-state index in [2.05, 4.69) is 43.1 Å². The number of hydrogen-bond acceptors (Lipinski definition) is 7. The van der Waals surface area contributed by atoms with E-state index in [0.717, 1.165) is 9.13 Å². The maximum absolute atomic E-state index is 12.3. The van der Waals surface area contributed by atoms with Crippen LogP contribution in [0.4, 0.5) is 5.95 Å². The number of ether oxygens (including phenoxy) is 2. The van der Waals surface area contributed by atoms with Gasteiger partial charge in [0.2, 0.25) is 5.95 Å². The van der Waals surface area contributed by atoms with Crippen LogP contribution in [0.15, 0.2) is 52.4 Å². The van der Waals surface area contributed by atoms with Crippen molar-refractivity contribution in [1.29, 1.82) is 5.26 Å². The van der Waals surface area contributed by atoms with Crippen LogP contribution in [-0.2, 0) is 0 Å². The van der Waals surface area contributed by atoms with Crippen molar-refractivity contribution in [2.45, 2.75) is 26.9 Å². The second-order valence-electron chi connectivity index (χ2n) is 6.92. The fourth-order valence-corrected chi connectivity index (χ4v) is 3.63. The molecular formula is C23H22IN5O3. The summed E-state index contributed by atoms with van der Waals surface area (Å²) in [6.07, 6.45) is 1.60. The normalized spacial score (nSPS) is 10.9. The Kier molecular flexibility index (Phi) is 7.83. The van der Waals surface area contributed by atoms with Gasteiger partial charge < -0.3 is 9.47 Å². The second kappa shape index (κ2) is 10.8. The molecule has 0 aliphatic heterocycles. The van der Waals surface area contributed by atoms with Gasteiger partial charge in [-0.15, -0.1) is 0 Å². The molecule has 2 N–H and O–H groups in total. The summed E-state index contributed by atoms with van der Waals surface area (Å²) in [4.78, 5) is 19.2. The number of aromatic amines is 1. The average Bonchev–Trinajstić information content (AvgIpc) is 2.76. The number of nitrogens with one attached hydrogen (secondary N) is 2. The molecule has 3 rings (SSSR count). The summed E-state index contributed by atoms with van der Waals surface area (Å²) in [5.74, 6) is 1.45. The van der Waals surface area contributed by atoms with E-state index in [1.807, 2.05) is 57.2 Å². The highest BCUT2D eigenvalue weighted by Gasteiger charge is 2.14. The minimum Gasteiger partial charge on any atom is -0.490 e. The number of nitriles is 1. The summed E-state index contributed by atoms with van der Waals surface area (Å²) in [6.45, 7) is 6.33. The van der Waals surface area contributed by atoms with E-state index >= 15 is 0 Å². The summed E-state index contributed by atoms with van der Waals surface area (Å²) in [5.41, 5.74) is 3.87. The summed E-state index contributed by atoms with van der Waals surface area (Å²) in [6, 6.07) is 14.7. The molecule has 0 amide bonds. The largest absolute Gasteiger partial charge is 0.490 e. The molecular weight excluding hydrogens is 521 g/mol. The van der Waals surface area contributed by atoms with Crippen LogP contribution in [0.2, 0.25) is 0 Å². The van der Waals surface area contributed by atoms with Crippen LogP contribution in [-0.4, -0.2) is 28.9 Å². The van der Waals surface area contributed by atoms with Crippen molar-refractivity contribution in [3.05, 3.63) is 67.5 Å². The van der Waals surface area contributed by atoms with Gasteiger partial charge in [-0.1, -0.05) is 30.3 Å². The lowest BCUT2D eigenvalue weighted by atomic mass is 10.1. The molecule has 8 nitrogen and oxygen atoms in total. The number of H-pyrrole nitrogens is 1. The third kappa shape index (κ3) is 5.64. The van der Waals surface area contributed by atoms with Crippen molar-refractivity contribution >= 4 is 34.8 Å². The molecule has 0 saturated carbocycles. The third-order valence-electron chi connectivity index (χ3n) is 4.15. The standard InChI is InChI=1S/C23H22IN5O3/c1-4-31-19-11-15(10-18(24)21(19)32-14(2)3)13-26-29-23-27-20(16-8-6-5-7-9-16)17(12-25)22(30)28-23/h5-11,13-14H,4H2,1-3H3,(H2,27,28,29,30). The predicted molar refractivity (Wildman–Crippen MR) is 132 cm³/mol. The lowest BCUT2D eigenvalue weighted by molar-refractivity contribution is 0.222. The van der Waals surface area contributed by atoms with Gasteiger partial charge in [-0.2, -0.15) is 10.4 Å². The first-order chi connectivity index (χ1) is 15.4. The van der Waals surface area contributed by atoms with E-state index in [-0.39, 0.29) is 23.3 Å². The highest BCUT2D eigenvalue weighted by Crippen LogP contribution is 2.34. The number of anilines is 1. The molecule has 3 aromatic rings. The van der Waals surface area contributed by atoms with Crippen LogP contribution in [0, 0.1) is 14.9 Å². The lowest BCUT2D eigenvalue weighted by Gasteiger charge is -2.16. The molecule has 0 saturated heterocycles. The molecule has 0 fully saturated rings. The van der Waals surface area contributed by atoms with Crippen molar-refractivity contribution in [2.75, 3.05) is 12.0 Å². The molecule has 0 aliphatic rings. The zero-order chi connectivity index (χ0) is 23.1. The van der Waals surface area contributed by atoms with E-state index in [9.17, 15) is 10.1 Å². The quantitative estimate of drug-likeness (QED) is 0.245. The van der Waals surface area contributed by atoms with Gasteiger partial charge in [0.05, 0.1) is 28.2 Å². The average molecular weight is 543 g/mol. The Balaban J connectivity index is 1.88. The number of halogens is 1. The molecule has 0 spiro atoms. The van der Waals surface area contributed by atoms with Crippen LogP contribution < -0.4 is 20.5 Å². The second-order valence-corrected chi connectivity index (χ2v) is 8.08. The first kappa shape index (κ1) is 23.3. The molecule has 0 radical (unpaired) electrons. The zero-order valence-corrected chi connectivity index (χ0v) is 20.0. The number of nitrogens with zero attached hydrogens (tertiary/aromatic N) is 3. The van der Waals surface area contributed by atoms with Gasteiger partial charge in [0.25, 0.3) is 5.56 Å². The SMILES string of the molecule is CCOc1cc(C=NNc2nc(-c3ccccc3)c(C#N)c(=O)[nH]2)cc(I)c1OC(C)C. The van der Waals surface area contributed by atoms with Crippen molar-refractivity contribution in [1.82, 2.24) is 9.97 Å². The predicted octanol–water partition coefficient (Wildman–Crippen LogP) is 4.55. The van der Waals surface area contributed by atoms with Gasteiger partial charge in [-0.3, -0.25) is 9.78 Å². The molecule has 164 valence electrons. The summed E-state index contributed by atoms with van der Waals surface area (Å²) >= 11 is 2.19. The van der Waals surface area contributed by atoms with E-state index in [1.54, 1.807) is 18.3 Å². The maximum atomic E-state index is 12.3. The molecule has 0 unspecified atom stereocenters. The van der Waals surface area contributed by atoms with E-state index in [0.29, 0.717) is 23.7 Å². The highest BCUT2D eigenvalue weighted by molar-refractivity contribution is 14.1. The van der Waals surface area contributed by atoms with Crippen molar-refractivity contribution in [3.8, 4) is 28.8 Å². The van der Waals surface area contributed by atoms with Gasteiger partial charge >= 0.3 is 0 Å². The number of benzene rings is 2. The number of aromatic nitrogens is 2. The van der Waals surface area contributed by atoms with Gasteiger partial charge in [0.15, 0.2) is 11.5 Å². The Hall–Kier alpha value is -3.39. The van der Waals surface area contributed by atoms with Crippen LogP contribution in [0.25, 0.3) is 11.3 Å². The van der Waals surface area contributed by atoms with Crippen LogP contribution in [0.5, 0.6) is 11.5 Å². The smallest absolute Gasteiger partial charge is 0.270 e. The molecule has 9 heteroatoms. The van der Waals surface area contributed by atoms with E-state index in [4.69, 9.17) is 9.47 Å². The zero-order valence-electron chi connectivity index (χ0n) is 17.8. The minimum atomic E-state index is -0.539. The van der Waals surface area contributed by atoms with Crippen molar-refractivity contribution < 1.29 is 9.47 Å². The van der Waals surface area contributed by atoms with Crippen LogP contribution in [0.1, 0.15) is 31.9 Å². The van der Waals surface area contributed by atoms with Gasteiger partial charge in [-0.25, -0.2) is 10.4 Å². The Bertz CT molecular complexity index is 1220. The molecule has 0 bridgehead atoms. The molecule has 0 aliphatic carbocycles. The lowest BCUT2D eigenvalue weighted by Crippen LogP contribution is -2.16. The number of hydrogen-bond donors (Lipinski definition) is 2. The Morgan fingerprint density at radius 2 is 2.06 bits per heavy atom. The van der Waals surface area contributed by atoms with E-state index < -0.39 is 5.56 Å².